The van der Waals surface area contributed by atoms with Crippen LogP contribution in [0.1, 0.15) is 50.2 Å². The van der Waals surface area contributed by atoms with Gasteiger partial charge in [0.05, 0.1) is 6.10 Å². The number of hydrogen-bond donors (Lipinski definition) is 3. The molecule has 2 amide bonds. The second kappa shape index (κ2) is 9.69. The number of carbonyl (C=O) groups excluding carboxylic acids is 2. The Morgan fingerprint density at radius 1 is 1.23 bits per heavy atom. The lowest BCUT2D eigenvalue weighted by Crippen LogP contribution is -2.54. The topological polar surface area (TPSA) is 89.9 Å². The summed E-state index contributed by atoms with van der Waals surface area (Å²) in [6, 6.07) is 7.31. The maximum atomic E-state index is 12.4. The predicted octanol–water partition coefficient (Wildman–Crippen LogP) is 1.84. The van der Waals surface area contributed by atoms with Crippen LogP contribution in [-0.4, -0.2) is 58.8 Å². The standard InChI is InChI=1S/C20H30N2O4/c1-3-4-15-5-7-16(8-6-15)17-9-11-22(12-10-17)20(26)21-19(14(2)24)18(25)13-23/h5-8,14,17,19,23-24H,3-4,9-13H2,1-2H3,(H,21,26)/t14-,19+/m0/s1. The van der Waals surface area contributed by atoms with Crippen LogP contribution in [-0.2, 0) is 11.2 Å². The molecule has 0 aromatic heterocycles. The molecule has 0 bridgehead atoms. The Balaban J connectivity index is 1.88. The second-order valence-electron chi connectivity index (χ2n) is 7.05. The quantitative estimate of drug-likeness (QED) is 0.690. The summed E-state index contributed by atoms with van der Waals surface area (Å²) in [5.41, 5.74) is 2.66. The SMILES string of the molecule is CCCc1ccc(C2CCN(C(=O)N[C@@H](C(=O)CO)[C@H](C)O)CC2)cc1. The molecule has 0 radical (unpaired) electrons. The fourth-order valence-electron chi connectivity index (χ4n) is 3.45. The van der Waals surface area contributed by atoms with Gasteiger partial charge in [-0.2, -0.15) is 0 Å². The maximum absolute atomic E-state index is 12.4. The molecule has 0 spiro atoms. The number of urea groups is 1. The number of hydrogen-bond acceptors (Lipinski definition) is 4. The van der Waals surface area contributed by atoms with Crippen LogP contribution >= 0.6 is 0 Å². The summed E-state index contributed by atoms with van der Waals surface area (Å²) in [4.78, 5) is 25.7. The highest BCUT2D eigenvalue weighted by molar-refractivity contribution is 5.89. The molecule has 1 fully saturated rings. The fourth-order valence-corrected chi connectivity index (χ4v) is 3.45. The van der Waals surface area contributed by atoms with Crippen molar-refractivity contribution in [3.05, 3.63) is 35.4 Å². The van der Waals surface area contributed by atoms with Crippen molar-refractivity contribution in [3.63, 3.8) is 0 Å². The monoisotopic (exact) mass is 362 g/mol. The van der Waals surface area contributed by atoms with E-state index in [-0.39, 0.29) is 6.03 Å². The second-order valence-corrected chi connectivity index (χ2v) is 7.05. The summed E-state index contributed by atoms with van der Waals surface area (Å²) in [5.74, 6) is -0.156. The number of benzene rings is 1. The number of piperidine rings is 1. The molecular weight excluding hydrogens is 332 g/mol. The number of ketones is 1. The average molecular weight is 362 g/mol. The molecular formula is C20H30N2O4. The Kier molecular flexibility index (Phi) is 7.60. The molecule has 3 N–H and O–H groups in total. The van der Waals surface area contributed by atoms with Crippen LogP contribution in [0.5, 0.6) is 0 Å². The van der Waals surface area contributed by atoms with Gasteiger partial charge in [-0.15, -0.1) is 0 Å². The Hall–Kier alpha value is -1.92. The molecule has 1 heterocycles. The van der Waals surface area contributed by atoms with Gasteiger partial charge in [-0.1, -0.05) is 37.6 Å². The van der Waals surface area contributed by atoms with E-state index in [0.29, 0.717) is 19.0 Å². The van der Waals surface area contributed by atoms with Crippen LogP contribution < -0.4 is 5.32 Å². The first kappa shape index (κ1) is 20.4. The van der Waals surface area contributed by atoms with Crippen LogP contribution in [0.4, 0.5) is 4.79 Å². The third-order valence-corrected chi connectivity index (χ3v) is 5.04. The van der Waals surface area contributed by atoms with Gasteiger partial charge >= 0.3 is 6.03 Å². The smallest absolute Gasteiger partial charge is 0.318 e. The van der Waals surface area contributed by atoms with Gasteiger partial charge in [0.25, 0.3) is 0 Å². The zero-order valence-corrected chi connectivity index (χ0v) is 15.6. The van der Waals surface area contributed by atoms with E-state index in [9.17, 15) is 14.7 Å². The first-order valence-corrected chi connectivity index (χ1v) is 9.42. The van der Waals surface area contributed by atoms with Crippen LogP contribution in [0.2, 0.25) is 0 Å². The predicted molar refractivity (Wildman–Crippen MR) is 100 cm³/mol. The van der Waals surface area contributed by atoms with E-state index in [4.69, 9.17) is 5.11 Å². The largest absolute Gasteiger partial charge is 0.391 e. The van der Waals surface area contributed by atoms with Crippen LogP contribution in [0.25, 0.3) is 0 Å². The van der Waals surface area contributed by atoms with Crippen LogP contribution in [0, 0.1) is 0 Å². The van der Waals surface area contributed by atoms with Gasteiger partial charge in [0.1, 0.15) is 12.6 Å². The Morgan fingerprint density at radius 2 is 1.85 bits per heavy atom. The van der Waals surface area contributed by atoms with E-state index in [1.807, 2.05) is 0 Å². The Labute approximate surface area is 155 Å². The van der Waals surface area contributed by atoms with Gasteiger partial charge in [-0.3, -0.25) is 4.79 Å². The highest BCUT2D eigenvalue weighted by atomic mass is 16.3. The summed E-state index contributed by atoms with van der Waals surface area (Å²) in [6.45, 7) is 4.10. The van der Waals surface area contributed by atoms with Gasteiger partial charge in [-0.25, -0.2) is 4.79 Å². The molecule has 26 heavy (non-hydrogen) atoms. The molecule has 1 aromatic rings. The first-order chi connectivity index (χ1) is 12.5. The van der Waals surface area contributed by atoms with Crippen molar-refractivity contribution in [2.45, 2.75) is 57.6 Å². The van der Waals surface area contributed by atoms with E-state index in [1.54, 1.807) is 4.90 Å². The molecule has 2 rings (SSSR count). The van der Waals surface area contributed by atoms with Gasteiger partial charge in [0, 0.05) is 13.1 Å². The molecule has 144 valence electrons. The van der Waals surface area contributed by atoms with Crippen LogP contribution in [0.15, 0.2) is 24.3 Å². The third-order valence-electron chi connectivity index (χ3n) is 5.04. The third kappa shape index (κ3) is 5.29. The summed E-state index contributed by atoms with van der Waals surface area (Å²) >= 11 is 0. The van der Waals surface area contributed by atoms with Crippen molar-refractivity contribution < 1.29 is 19.8 Å². The molecule has 0 saturated carbocycles. The van der Waals surface area contributed by atoms with Gasteiger partial charge in [-0.05, 0) is 43.2 Å². The van der Waals surface area contributed by atoms with Gasteiger partial charge < -0.3 is 20.4 Å². The number of aliphatic hydroxyl groups is 2. The molecule has 1 saturated heterocycles. The minimum absolute atomic E-state index is 0.366. The molecule has 6 nitrogen and oxygen atoms in total. The number of rotatable bonds is 7. The minimum atomic E-state index is -1.07. The average Bonchev–Trinajstić information content (AvgIpc) is 2.66. The lowest BCUT2D eigenvalue weighted by Gasteiger charge is -2.33. The number of Topliss-reactive ketones (excluding diaryl/α,β-unsaturated/α-hetero) is 1. The highest BCUT2D eigenvalue weighted by Gasteiger charge is 2.29. The summed E-state index contributed by atoms with van der Waals surface area (Å²) in [7, 11) is 0. The van der Waals surface area contributed by atoms with Gasteiger partial charge in [0.2, 0.25) is 0 Å². The summed E-state index contributed by atoms with van der Waals surface area (Å²) < 4.78 is 0. The number of carbonyl (C=O) groups is 2. The van der Waals surface area contributed by atoms with Crippen molar-refractivity contribution in [2.24, 2.45) is 0 Å². The van der Waals surface area contributed by atoms with E-state index in [0.717, 1.165) is 25.7 Å². The lowest BCUT2D eigenvalue weighted by atomic mass is 9.89. The first-order valence-electron chi connectivity index (χ1n) is 9.42. The molecule has 0 unspecified atom stereocenters. The van der Waals surface area contributed by atoms with E-state index >= 15 is 0 Å². The van der Waals surface area contributed by atoms with Crippen molar-refractivity contribution in [3.8, 4) is 0 Å². The fraction of sp³-hybridized carbons (Fsp3) is 0.600. The van der Waals surface area contributed by atoms with Crippen molar-refractivity contribution in [1.82, 2.24) is 10.2 Å². The van der Waals surface area contributed by atoms with Crippen molar-refractivity contribution in [1.29, 1.82) is 0 Å². The molecule has 2 atom stereocenters. The molecule has 1 aliphatic rings. The highest BCUT2D eigenvalue weighted by Crippen LogP contribution is 2.28. The van der Waals surface area contributed by atoms with E-state index in [1.165, 1.54) is 18.1 Å². The van der Waals surface area contributed by atoms with E-state index < -0.39 is 24.5 Å². The Morgan fingerprint density at radius 3 is 2.35 bits per heavy atom. The zero-order valence-electron chi connectivity index (χ0n) is 15.6. The molecule has 1 aromatic carbocycles. The number of amides is 2. The summed E-state index contributed by atoms with van der Waals surface area (Å²) in [6.07, 6.45) is 2.93. The van der Waals surface area contributed by atoms with Crippen molar-refractivity contribution >= 4 is 11.8 Å². The van der Waals surface area contributed by atoms with E-state index in [2.05, 4.69) is 36.5 Å². The maximum Gasteiger partial charge on any atom is 0.318 e. The Bertz CT molecular complexity index is 592. The van der Waals surface area contributed by atoms with Gasteiger partial charge in [0.15, 0.2) is 5.78 Å². The zero-order chi connectivity index (χ0) is 19.1. The normalized spacial score (nSPS) is 17.6. The molecule has 0 aliphatic carbocycles. The number of aliphatic hydroxyl groups excluding tert-OH is 2. The van der Waals surface area contributed by atoms with Crippen molar-refractivity contribution in [2.75, 3.05) is 19.7 Å². The number of likely N-dealkylation sites (tertiary alicyclic amines) is 1. The number of nitrogens with zero attached hydrogens (tertiary/aromatic N) is 1. The number of nitrogens with one attached hydrogen (secondary N) is 1. The molecule has 6 heteroatoms. The lowest BCUT2D eigenvalue weighted by molar-refractivity contribution is -0.125. The molecule has 1 aliphatic heterocycles. The minimum Gasteiger partial charge on any atom is -0.391 e. The number of aryl methyl sites for hydroxylation is 1. The summed E-state index contributed by atoms with van der Waals surface area (Å²) in [5, 5.41) is 21.2. The van der Waals surface area contributed by atoms with Crippen LogP contribution in [0.3, 0.4) is 0 Å².